The Balaban J connectivity index is 1.88. The second-order valence-corrected chi connectivity index (χ2v) is 10.2. The Hall–Kier alpha value is -2.93. The van der Waals surface area contributed by atoms with Gasteiger partial charge >= 0.3 is 12.2 Å². The predicted octanol–water partition coefficient (Wildman–Crippen LogP) is 4.48. The Bertz CT molecular complexity index is 1110. The number of nitrogens with zero attached hydrogens (tertiary/aromatic N) is 3. The van der Waals surface area contributed by atoms with Gasteiger partial charge < -0.3 is 26.4 Å². The smallest absolute Gasteiger partial charge is 0.393 e. The lowest BCUT2D eigenvalue weighted by Gasteiger charge is -2.19. The van der Waals surface area contributed by atoms with Gasteiger partial charge in [0.2, 0.25) is 5.95 Å². The molecule has 1 aliphatic carbocycles. The van der Waals surface area contributed by atoms with Crippen LogP contribution in [0.15, 0.2) is 6.08 Å². The Morgan fingerprint density at radius 2 is 1.92 bits per heavy atom. The summed E-state index contributed by atoms with van der Waals surface area (Å²) in [4.78, 5) is 26.1. The lowest BCUT2D eigenvalue weighted by molar-refractivity contribution is -0.115. The highest BCUT2D eigenvalue weighted by Crippen LogP contribution is 2.37. The number of halogens is 3. The number of anilines is 2. The van der Waals surface area contributed by atoms with Crippen LogP contribution in [0.1, 0.15) is 49.4 Å². The van der Waals surface area contributed by atoms with Crippen LogP contribution in [0.25, 0.3) is 16.6 Å². The fraction of sp³-hybridized carbons (Fsp3) is 0.583. The average Bonchev–Trinajstić information content (AvgIpc) is 3.35. The van der Waals surface area contributed by atoms with Crippen LogP contribution in [0, 0.1) is 19.8 Å². The highest BCUT2D eigenvalue weighted by molar-refractivity contribution is 7.15. The predicted molar refractivity (Wildman–Crippen MR) is 140 cm³/mol. The van der Waals surface area contributed by atoms with Crippen molar-refractivity contribution in [1.29, 1.82) is 0 Å². The Labute approximate surface area is 218 Å². The van der Waals surface area contributed by atoms with Gasteiger partial charge in [-0.3, -0.25) is 0 Å². The molecule has 2 heterocycles. The van der Waals surface area contributed by atoms with Gasteiger partial charge in [-0.1, -0.05) is 13.0 Å². The second-order valence-electron chi connectivity index (χ2n) is 8.98. The summed E-state index contributed by atoms with van der Waals surface area (Å²) >= 11 is 1.46. The van der Waals surface area contributed by atoms with E-state index in [9.17, 15) is 23.1 Å². The first-order chi connectivity index (χ1) is 17.5. The molecule has 1 fully saturated rings. The van der Waals surface area contributed by atoms with E-state index < -0.39 is 18.8 Å². The minimum atomic E-state index is -4.42. The molecule has 1 saturated carbocycles. The van der Waals surface area contributed by atoms with Crippen LogP contribution in [0.5, 0.6) is 0 Å². The van der Waals surface area contributed by atoms with Crippen molar-refractivity contribution in [3.8, 4) is 10.6 Å². The molecule has 2 unspecified atom stereocenters. The van der Waals surface area contributed by atoms with Crippen LogP contribution < -0.4 is 21.3 Å². The Morgan fingerprint density at radius 3 is 2.59 bits per heavy atom. The summed E-state index contributed by atoms with van der Waals surface area (Å²) in [6.45, 7) is 7.05. The lowest BCUT2D eigenvalue weighted by atomic mass is 10.1. The van der Waals surface area contributed by atoms with Gasteiger partial charge in [-0.2, -0.15) is 18.2 Å². The molecule has 0 bridgehead atoms. The zero-order valence-electron chi connectivity index (χ0n) is 21.4. The molecule has 13 heteroatoms. The highest BCUT2D eigenvalue weighted by atomic mass is 32.1. The van der Waals surface area contributed by atoms with Crippen molar-refractivity contribution in [2.75, 3.05) is 30.3 Å². The van der Waals surface area contributed by atoms with Gasteiger partial charge in [-0.05, 0) is 46.1 Å². The van der Waals surface area contributed by atoms with Crippen molar-refractivity contribution in [1.82, 2.24) is 25.6 Å². The molecule has 3 atom stereocenters. The van der Waals surface area contributed by atoms with E-state index in [-0.39, 0.29) is 23.9 Å². The van der Waals surface area contributed by atoms with Crippen LogP contribution in [0.3, 0.4) is 0 Å². The molecule has 5 N–H and O–H groups in total. The number of hydrogen-bond donors (Lipinski definition) is 5. The normalized spacial score (nSPS) is 19.8. The molecule has 0 radical (unpaired) electrons. The van der Waals surface area contributed by atoms with Gasteiger partial charge in [0, 0.05) is 29.9 Å². The van der Waals surface area contributed by atoms with E-state index in [0.717, 1.165) is 17.0 Å². The quantitative estimate of drug-likeness (QED) is 0.300. The third kappa shape index (κ3) is 8.03. The molecule has 0 spiro atoms. The van der Waals surface area contributed by atoms with Crippen molar-refractivity contribution in [3.05, 3.63) is 22.3 Å². The zero-order valence-corrected chi connectivity index (χ0v) is 22.2. The molecule has 37 heavy (non-hydrogen) atoms. The number of rotatable bonds is 10. The number of carbonyl (C=O) groups excluding carboxylic acids is 1. The standard InChI is InChI=1S/C24H34F3N7O2S/c1-5-7-8-17-14(4)37-21(33-17)19-13(3)31-22(30-12-24(25,26)27)34-20(19)32-16-9-15(18(35)10-16)11-29-23(36)28-6-2/h7-8,15-16,18,35H,5-6,9-12H2,1-4H3,(H2,28,29,36)(H2,30,31,32,34)/b8-7-/t15?,16?,18-/m0/s1. The van der Waals surface area contributed by atoms with Crippen molar-refractivity contribution in [2.24, 2.45) is 5.92 Å². The van der Waals surface area contributed by atoms with Crippen LogP contribution in [0.2, 0.25) is 0 Å². The topological polar surface area (TPSA) is 124 Å². The molecule has 2 aromatic rings. The molecule has 1 aliphatic rings. The monoisotopic (exact) mass is 541 g/mol. The number of aromatic nitrogens is 3. The Morgan fingerprint density at radius 1 is 1.16 bits per heavy atom. The summed E-state index contributed by atoms with van der Waals surface area (Å²) in [5, 5.41) is 22.2. The zero-order chi connectivity index (χ0) is 27.2. The van der Waals surface area contributed by atoms with Gasteiger partial charge in [0.05, 0.1) is 23.1 Å². The summed E-state index contributed by atoms with van der Waals surface area (Å²) < 4.78 is 38.4. The van der Waals surface area contributed by atoms with Gasteiger partial charge in [0.15, 0.2) is 0 Å². The highest BCUT2D eigenvalue weighted by Gasteiger charge is 2.34. The molecular weight excluding hydrogens is 507 g/mol. The van der Waals surface area contributed by atoms with Crippen LogP contribution >= 0.6 is 11.3 Å². The fourth-order valence-corrected chi connectivity index (χ4v) is 5.17. The molecule has 2 aromatic heterocycles. The number of urea groups is 1. The number of alkyl halides is 3. The number of nitrogens with one attached hydrogen (secondary N) is 4. The molecule has 2 amide bonds. The maximum absolute atomic E-state index is 12.8. The van der Waals surface area contributed by atoms with Gasteiger partial charge in [-0.15, -0.1) is 11.3 Å². The first kappa shape index (κ1) is 28.6. The van der Waals surface area contributed by atoms with E-state index in [1.165, 1.54) is 11.3 Å². The molecule has 0 aliphatic heterocycles. The van der Waals surface area contributed by atoms with E-state index in [4.69, 9.17) is 4.98 Å². The second kappa shape index (κ2) is 12.5. The van der Waals surface area contributed by atoms with E-state index in [1.807, 2.05) is 32.9 Å². The number of aryl methyl sites for hydroxylation is 2. The summed E-state index contributed by atoms with van der Waals surface area (Å²) in [6, 6.07) is -0.507. The van der Waals surface area contributed by atoms with Crippen molar-refractivity contribution < 1.29 is 23.1 Å². The van der Waals surface area contributed by atoms with Gasteiger partial charge in [-0.25, -0.2) is 14.8 Å². The van der Waals surface area contributed by atoms with E-state index in [1.54, 1.807) is 6.92 Å². The molecular formula is C24H34F3N7O2S. The van der Waals surface area contributed by atoms with E-state index in [2.05, 4.69) is 31.2 Å². The Kier molecular flexibility index (Phi) is 9.71. The van der Waals surface area contributed by atoms with E-state index >= 15 is 0 Å². The lowest BCUT2D eigenvalue weighted by Crippen LogP contribution is -2.39. The van der Waals surface area contributed by atoms with Gasteiger partial charge in [0.25, 0.3) is 0 Å². The average molecular weight is 542 g/mol. The molecule has 3 rings (SSSR count). The maximum Gasteiger partial charge on any atom is 0.405 e. The summed E-state index contributed by atoms with van der Waals surface area (Å²) in [6.07, 6.45) is 0.684. The third-order valence-electron chi connectivity index (χ3n) is 5.96. The summed E-state index contributed by atoms with van der Waals surface area (Å²) in [7, 11) is 0. The number of aliphatic hydroxyl groups is 1. The minimum absolute atomic E-state index is 0.145. The number of thiazole rings is 1. The van der Waals surface area contributed by atoms with Crippen molar-refractivity contribution in [3.63, 3.8) is 0 Å². The number of aliphatic hydroxyl groups excluding tert-OH is 1. The first-order valence-electron chi connectivity index (χ1n) is 12.3. The number of carbonyl (C=O) groups is 1. The van der Waals surface area contributed by atoms with Crippen LogP contribution in [-0.4, -0.2) is 64.0 Å². The minimum Gasteiger partial charge on any atom is -0.393 e. The summed E-state index contributed by atoms with van der Waals surface area (Å²) in [5.74, 6) is 0.0298. The largest absolute Gasteiger partial charge is 0.405 e. The third-order valence-corrected chi connectivity index (χ3v) is 6.96. The van der Waals surface area contributed by atoms with Crippen LogP contribution in [-0.2, 0) is 0 Å². The summed E-state index contributed by atoms with van der Waals surface area (Å²) in [5.41, 5.74) is 1.91. The maximum atomic E-state index is 12.8. The van der Waals surface area contributed by atoms with Crippen molar-refractivity contribution >= 4 is 35.2 Å². The van der Waals surface area contributed by atoms with Crippen LogP contribution in [0.4, 0.5) is 29.7 Å². The number of allylic oxidation sites excluding steroid dienone is 1. The van der Waals surface area contributed by atoms with Gasteiger partial charge in [0.1, 0.15) is 17.4 Å². The molecule has 9 nitrogen and oxygen atoms in total. The fourth-order valence-electron chi connectivity index (χ4n) is 4.17. The first-order valence-corrected chi connectivity index (χ1v) is 13.1. The number of amides is 2. The SMILES string of the molecule is CC/C=C\c1nc(-c2c(C)nc(NCC(F)(F)F)nc2NC2CC(CNC(=O)NCC)[C@@H](O)C2)sc1C. The molecule has 0 aromatic carbocycles. The van der Waals surface area contributed by atoms with E-state index in [0.29, 0.717) is 48.0 Å². The molecule has 204 valence electrons. The molecule has 0 saturated heterocycles. The van der Waals surface area contributed by atoms with Crippen molar-refractivity contribution in [2.45, 2.75) is 65.3 Å². The number of hydrogen-bond acceptors (Lipinski definition) is 8.